The summed E-state index contributed by atoms with van der Waals surface area (Å²) in [6.07, 6.45) is 5.25. The number of fused-ring (bicyclic) bond motifs is 5. The van der Waals surface area contributed by atoms with Crippen LogP contribution in [0.3, 0.4) is 0 Å². The Balaban J connectivity index is 1.17. The average molecular weight is 434 g/mol. The maximum absolute atomic E-state index is 13.2. The van der Waals surface area contributed by atoms with Crippen LogP contribution in [0.5, 0.6) is 11.5 Å². The van der Waals surface area contributed by atoms with E-state index in [0.717, 1.165) is 56.8 Å². The van der Waals surface area contributed by atoms with Gasteiger partial charge in [-0.15, -0.1) is 0 Å². The summed E-state index contributed by atoms with van der Waals surface area (Å²) in [5.74, 6) is 2.31. The average Bonchev–Trinajstić information content (AvgIpc) is 3.29. The maximum Gasteiger partial charge on any atom is 0.317 e. The summed E-state index contributed by atoms with van der Waals surface area (Å²) in [4.78, 5) is 17.9. The molecule has 0 spiro atoms. The number of amides is 2. The second-order valence-electron chi connectivity index (χ2n) is 9.53. The van der Waals surface area contributed by atoms with E-state index in [2.05, 4.69) is 51.5 Å². The lowest BCUT2D eigenvalue weighted by Crippen LogP contribution is -2.59. The van der Waals surface area contributed by atoms with Gasteiger partial charge in [0.2, 0.25) is 6.79 Å². The van der Waals surface area contributed by atoms with Crippen LogP contribution in [-0.2, 0) is 12.8 Å². The highest BCUT2D eigenvalue weighted by molar-refractivity contribution is 5.74. The Morgan fingerprint density at radius 1 is 1.09 bits per heavy atom. The normalized spacial score (nSPS) is 26.1. The van der Waals surface area contributed by atoms with E-state index in [-0.39, 0.29) is 6.03 Å². The first-order valence-electron chi connectivity index (χ1n) is 12.0. The Kier molecular flexibility index (Phi) is 5.18. The molecule has 2 saturated heterocycles. The molecule has 2 fully saturated rings. The van der Waals surface area contributed by atoms with Gasteiger partial charge in [0.1, 0.15) is 0 Å². The number of urea groups is 1. The van der Waals surface area contributed by atoms with Gasteiger partial charge in [-0.25, -0.2) is 4.79 Å². The predicted molar refractivity (Wildman–Crippen MR) is 122 cm³/mol. The molecule has 4 aliphatic heterocycles. The molecule has 0 aliphatic carbocycles. The van der Waals surface area contributed by atoms with Crippen LogP contribution in [0.2, 0.25) is 0 Å². The van der Waals surface area contributed by atoms with E-state index in [1.165, 1.54) is 23.1 Å². The fourth-order valence-electron chi connectivity index (χ4n) is 6.15. The topological polar surface area (TPSA) is 54.0 Å². The highest BCUT2D eigenvalue weighted by Gasteiger charge is 2.44. The van der Waals surface area contributed by atoms with E-state index < -0.39 is 0 Å². The Hall–Kier alpha value is -2.73. The standard InChI is InChI=1S/C26H31N3O3/c30-26(27-10-8-18-5-2-1-3-6-18)29-11-4-7-20-16-28-12-9-19-13-24-25(32-17-31-24)14-21(19)23(28)15-22(20)29/h1-3,5-6,13-14,20,22-23H,4,7-12,15-17H2,(H,27,30)/t20-,22+,23-/m1/s1. The lowest BCUT2D eigenvalue weighted by Gasteiger charge is -2.52. The summed E-state index contributed by atoms with van der Waals surface area (Å²) in [5, 5.41) is 3.20. The molecule has 4 heterocycles. The van der Waals surface area contributed by atoms with Crippen molar-refractivity contribution in [3.8, 4) is 11.5 Å². The number of piperidine rings is 2. The van der Waals surface area contributed by atoms with Gasteiger partial charge in [0.15, 0.2) is 11.5 Å². The SMILES string of the molecule is O=C(NCCc1ccccc1)N1CCC[C@@H]2CN3CCc4cc5c(cc4[C@H]3C[C@@H]21)OCO5. The molecule has 0 radical (unpaired) electrons. The molecule has 0 bridgehead atoms. The highest BCUT2D eigenvalue weighted by Crippen LogP contribution is 2.46. The molecule has 4 aliphatic rings. The number of carbonyl (C=O) groups is 1. The summed E-state index contributed by atoms with van der Waals surface area (Å²) in [6.45, 7) is 4.02. The molecule has 6 heteroatoms. The van der Waals surface area contributed by atoms with Crippen molar-refractivity contribution in [2.45, 2.75) is 44.2 Å². The molecular weight excluding hydrogens is 402 g/mol. The lowest BCUT2D eigenvalue weighted by molar-refractivity contribution is 0.00574. The third kappa shape index (κ3) is 3.60. The van der Waals surface area contributed by atoms with Crippen molar-refractivity contribution < 1.29 is 14.3 Å². The molecule has 168 valence electrons. The third-order valence-corrected chi connectivity index (χ3v) is 7.75. The molecule has 2 aromatic carbocycles. The van der Waals surface area contributed by atoms with Gasteiger partial charge in [-0.2, -0.15) is 0 Å². The minimum atomic E-state index is 0.103. The summed E-state index contributed by atoms with van der Waals surface area (Å²) >= 11 is 0. The Bertz CT molecular complexity index is 995. The van der Waals surface area contributed by atoms with Gasteiger partial charge in [-0.05, 0) is 66.8 Å². The molecule has 0 unspecified atom stereocenters. The van der Waals surface area contributed by atoms with E-state index >= 15 is 0 Å². The second kappa shape index (κ2) is 8.32. The zero-order chi connectivity index (χ0) is 21.5. The zero-order valence-electron chi connectivity index (χ0n) is 18.5. The first-order chi connectivity index (χ1) is 15.8. The molecule has 3 atom stereocenters. The number of hydrogen-bond acceptors (Lipinski definition) is 4. The first-order valence-corrected chi connectivity index (χ1v) is 12.0. The molecule has 1 N–H and O–H groups in total. The van der Waals surface area contributed by atoms with Crippen LogP contribution in [0.25, 0.3) is 0 Å². The van der Waals surface area contributed by atoms with Gasteiger partial charge in [-0.3, -0.25) is 4.90 Å². The number of ether oxygens (including phenoxy) is 2. The van der Waals surface area contributed by atoms with E-state index in [0.29, 0.717) is 31.3 Å². The summed E-state index contributed by atoms with van der Waals surface area (Å²) < 4.78 is 11.3. The van der Waals surface area contributed by atoms with Crippen LogP contribution in [0.1, 0.15) is 42.0 Å². The van der Waals surface area contributed by atoms with Crippen molar-refractivity contribution in [3.05, 3.63) is 59.2 Å². The van der Waals surface area contributed by atoms with E-state index in [4.69, 9.17) is 9.47 Å². The Labute approximate surface area is 189 Å². The fraction of sp³-hybridized carbons (Fsp3) is 0.500. The smallest absolute Gasteiger partial charge is 0.317 e. The molecule has 6 nitrogen and oxygen atoms in total. The molecule has 32 heavy (non-hydrogen) atoms. The largest absolute Gasteiger partial charge is 0.454 e. The van der Waals surface area contributed by atoms with Crippen LogP contribution in [-0.4, -0.2) is 54.8 Å². The minimum absolute atomic E-state index is 0.103. The predicted octanol–water partition coefficient (Wildman–Crippen LogP) is 3.75. The molecule has 2 aromatic rings. The van der Waals surface area contributed by atoms with Crippen LogP contribution < -0.4 is 14.8 Å². The number of nitrogens with zero attached hydrogens (tertiary/aromatic N) is 2. The van der Waals surface area contributed by atoms with Crippen LogP contribution in [0.4, 0.5) is 4.79 Å². The zero-order valence-corrected chi connectivity index (χ0v) is 18.5. The van der Waals surface area contributed by atoms with Crippen molar-refractivity contribution in [1.82, 2.24) is 15.1 Å². The number of likely N-dealkylation sites (tertiary alicyclic amines) is 1. The minimum Gasteiger partial charge on any atom is -0.454 e. The van der Waals surface area contributed by atoms with Gasteiger partial charge in [-0.1, -0.05) is 30.3 Å². The lowest BCUT2D eigenvalue weighted by atomic mass is 9.76. The van der Waals surface area contributed by atoms with Crippen molar-refractivity contribution in [2.75, 3.05) is 33.0 Å². The number of rotatable bonds is 3. The summed E-state index contributed by atoms with van der Waals surface area (Å²) in [7, 11) is 0. The van der Waals surface area contributed by atoms with Gasteiger partial charge in [0.25, 0.3) is 0 Å². The van der Waals surface area contributed by atoms with Gasteiger partial charge >= 0.3 is 6.03 Å². The van der Waals surface area contributed by atoms with E-state index in [1.54, 1.807) is 0 Å². The molecule has 0 aromatic heterocycles. The summed E-state index contributed by atoms with van der Waals surface area (Å²) in [5.41, 5.74) is 4.01. The summed E-state index contributed by atoms with van der Waals surface area (Å²) in [6, 6.07) is 15.5. The Morgan fingerprint density at radius 3 is 2.81 bits per heavy atom. The molecular formula is C26H31N3O3. The molecule has 6 rings (SSSR count). The molecule has 2 amide bonds. The van der Waals surface area contributed by atoms with Crippen LogP contribution in [0.15, 0.2) is 42.5 Å². The van der Waals surface area contributed by atoms with Crippen molar-refractivity contribution in [1.29, 1.82) is 0 Å². The van der Waals surface area contributed by atoms with Crippen molar-refractivity contribution in [2.24, 2.45) is 5.92 Å². The fourth-order valence-corrected chi connectivity index (χ4v) is 6.15. The van der Waals surface area contributed by atoms with Gasteiger partial charge < -0.3 is 19.7 Å². The number of hydrogen-bond donors (Lipinski definition) is 1. The Morgan fingerprint density at radius 2 is 1.94 bits per heavy atom. The maximum atomic E-state index is 13.2. The van der Waals surface area contributed by atoms with Crippen LogP contribution in [0, 0.1) is 5.92 Å². The number of benzene rings is 2. The third-order valence-electron chi connectivity index (χ3n) is 7.75. The van der Waals surface area contributed by atoms with Gasteiger partial charge in [0, 0.05) is 38.3 Å². The second-order valence-corrected chi connectivity index (χ2v) is 9.53. The van der Waals surface area contributed by atoms with Crippen molar-refractivity contribution >= 4 is 6.03 Å². The van der Waals surface area contributed by atoms with Crippen LogP contribution >= 0.6 is 0 Å². The van der Waals surface area contributed by atoms with E-state index in [1.807, 2.05) is 6.07 Å². The highest BCUT2D eigenvalue weighted by atomic mass is 16.7. The monoisotopic (exact) mass is 433 g/mol. The number of nitrogens with one attached hydrogen (secondary N) is 1. The first kappa shape index (κ1) is 19.9. The van der Waals surface area contributed by atoms with E-state index in [9.17, 15) is 4.79 Å². The quantitative estimate of drug-likeness (QED) is 0.801. The van der Waals surface area contributed by atoms with Crippen molar-refractivity contribution in [3.63, 3.8) is 0 Å². The molecule has 0 saturated carbocycles. The number of carbonyl (C=O) groups excluding carboxylic acids is 1. The van der Waals surface area contributed by atoms with Gasteiger partial charge in [0.05, 0.1) is 0 Å².